The van der Waals surface area contributed by atoms with Crippen LogP contribution in [0.4, 0.5) is 0 Å². The Morgan fingerprint density at radius 3 is 2.58 bits per heavy atom. The number of hydrogen-bond acceptors (Lipinski definition) is 2. The highest BCUT2D eigenvalue weighted by molar-refractivity contribution is 5.70. The van der Waals surface area contributed by atoms with Gasteiger partial charge in [0.05, 0.1) is 13.0 Å². The number of ether oxygens (including phenoxy) is 1. The van der Waals surface area contributed by atoms with E-state index in [2.05, 4.69) is 6.58 Å². The lowest BCUT2D eigenvalue weighted by molar-refractivity contribution is -0.145. The van der Waals surface area contributed by atoms with Crippen LogP contribution in [0, 0.1) is 5.41 Å². The molecule has 12 heavy (non-hydrogen) atoms. The van der Waals surface area contributed by atoms with Crippen molar-refractivity contribution < 1.29 is 9.53 Å². The highest BCUT2D eigenvalue weighted by Gasteiger charge is 2.18. The average molecular weight is 170 g/mol. The molecule has 0 saturated carbocycles. The van der Waals surface area contributed by atoms with Crippen molar-refractivity contribution in [1.29, 1.82) is 0 Å². The molecule has 0 fully saturated rings. The summed E-state index contributed by atoms with van der Waals surface area (Å²) in [5.41, 5.74) is -0.148. The molecule has 0 heterocycles. The molecule has 2 nitrogen and oxygen atoms in total. The zero-order valence-corrected chi connectivity index (χ0v) is 8.22. The van der Waals surface area contributed by atoms with Crippen molar-refractivity contribution in [2.24, 2.45) is 5.41 Å². The van der Waals surface area contributed by atoms with E-state index in [4.69, 9.17) is 4.74 Å². The summed E-state index contributed by atoms with van der Waals surface area (Å²) in [5, 5.41) is 0. The van der Waals surface area contributed by atoms with Gasteiger partial charge in [-0.3, -0.25) is 4.79 Å². The van der Waals surface area contributed by atoms with Gasteiger partial charge in [-0.1, -0.05) is 26.8 Å². The predicted octanol–water partition coefficient (Wildman–Crippen LogP) is 2.54. The third-order valence-electron chi connectivity index (χ3n) is 1.62. The maximum atomic E-state index is 11.1. The molecule has 0 radical (unpaired) electrons. The molecule has 70 valence electrons. The number of esters is 1. The molecular formula is C10H18O2. The Bertz CT molecular complexity index is 159. The largest absolute Gasteiger partial charge is 0.466 e. The molecule has 0 saturated heterocycles. The minimum Gasteiger partial charge on any atom is -0.466 e. The number of hydrogen-bond donors (Lipinski definition) is 0. The molecule has 0 aromatic heterocycles. The van der Waals surface area contributed by atoms with Gasteiger partial charge in [0.15, 0.2) is 0 Å². The van der Waals surface area contributed by atoms with Gasteiger partial charge in [0, 0.05) is 0 Å². The van der Waals surface area contributed by atoms with Crippen LogP contribution >= 0.6 is 0 Å². The number of carbonyl (C=O) groups is 1. The van der Waals surface area contributed by atoms with E-state index in [0.717, 1.165) is 6.42 Å². The Hall–Kier alpha value is -0.790. The van der Waals surface area contributed by atoms with Gasteiger partial charge < -0.3 is 4.74 Å². The SMILES string of the molecule is C=CC(C)(C)CC(=O)OCCC. The zero-order valence-electron chi connectivity index (χ0n) is 8.22. The van der Waals surface area contributed by atoms with E-state index in [1.165, 1.54) is 0 Å². The predicted molar refractivity (Wildman–Crippen MR) is 49.8 cm³/mol. The van der Waals surface area contributed by atoms with Crippen molar-refractivity contribution in [3.8, 4) is 0 Å². The van der Waals surface area contributed by atoms with E-state index >= 15 is 0 Å². The second kappa shape index (κ2) is 4.96. The van der Waals surface area contributed by atoms with Crippen LogP contribution in [0.25, 0.3) is 0 Å². The fraction of sp³-hybridized carbons (Fsp3) is 0.700. The van der Waals surface area contributed by atoms with Crippen molar-refractivity contribution in [3.63, 3.8) is 0 Å². The summed E-state index contributed by atoms with van der Waals surface area (Å²) in [6.07, 6.45) is 3.07. The molecule has 0 aromatic carbocycles. The molecule has 0 aliphatic carbocycles. The van der Waals surface area contributed by atoms with Crippen LogP contribution in [0.15, 0.2) is 12.7 Å². The van der Waals surface area contributed by atoms with Gasteiger partial charge in [-0.05, 0) is 11.8 Å². The van der Waals surface area contributed by atoms with Crippen LogP contribution in [0.1, 0.15) is 33.6 Å². The van der Waals surface area contributed by atoms with Gasteiger partial charge in [0.1, 0.15) is 0 Å². The maximum absolute atomic E-state index is 11.1. The molecule has 0 N–H and O–H groups in total. The van der Waals surface area contributed by atoms with Crippen molar-refractivity contribution in [1.82, 2.24) is 0 Å². The van der Waals surface area contributed by atoms with Crippen molar-refractivity contribution in [2.45, 2.75) is 33.6 Å². The molecule has 0 aliphatic heterocycles. The Morgan fingerprint density at radius 2 is 2.17 bits per heavy atom. The van der Waals surface area contributed by atoms with Gasteiger partial charge in [0.25, 0.3) is 0 Å². The fourth-order valence-corrected chi connectivity index (χ4v) is 0.711. The lowest BCUT2D eigenvalue weighted by Gasteiger charge is -2.17. The molecule has 2 heteroatoms. The monoisotopic (exact) mass is 170 g/mol. The minimum absolute atomic E-state index is 0.137. The Morgan fingerprint density at radius 1 is 1.58 bits per heavy atom. The summed E-state index contributed by atoms with van der Waals surface area (Å²) in [5.74, 6) is -0.137. The van der Waals surface area contributed by atoms with Crippen LogP contribution in [-0.4, -0.2) is 12.6 Å². The topological polar surface area (TPSA) is 26.3 Å². The second-order valence-electron chi connectivity index (χ2n) is 3.59. The van der Waals surface area contributed by atoms with Crippen LogP contribution in [0.5, 0.6) is 0 Å². The van der Waals surface area contributed by atoms with E-state index < -0.39 is 0 Å². The molecule has 0 atom stereocenters. The molecule has 0 rings (SSSR count). The lowest BCUT2D eigenvalue weighted by Crippen LogP contribution is -2.16. The zero-order chi connectivity index (χ0) is 9.61. The molecule has 0 spiro atoms. The second-order valence-corrected chi connectivity index (χ2v) is 3.59. The van der Waals surface area contributed by atoms with Crippen molar-refractivity contribution >= 4 is 5.97 Å². The summed E-state index contributed by atoms with van der Waals surface area (Å²) < 4.78 is 4.94. The van der Waals surface area contributed by atoms with Crippen LogP contribution < -0.4 is 0 Å². The number of rotatable bonds is 5. The van der Waals surface area contributed by atoms with Gasteiger partial charge in [-0.15, -0.1) is 6.58 Å². The first-order valence-electron chi connectivity index (χ1n) is 4.31. The normalized spacial score (nSPS) is 10.9. The molecule has 0 amide bonds. The summed E-state index contributed by atoms with van der Waals surface area (Å²) in [6, 6.07) is 0. The first kappa shape index (κ1) is 11.2. The summed E-state index contributed by atoms with van der Waals surface area (Å²) in [6.45, 7) is 10.1. The lowest BCUT2D eigenvalue weighted by atomic mass is 9.90. The molecule has 0 bridgehead atoms. The van der Waals surface area contributed by atoms with Gasteiger partial charge in [-0.25, -0.2) is 0 Å². The Kier molecular flexibility index (Phi) is 4.64. The van der Waals surface area contributed by atoms with Gasteiger partial charge in [0.2, 0.25) is 0 Å². The average Bonchev–Trinajstić information content (AvgIpc) is 2.00. The first-order valence-corrected chi connectivity index (χ1v) is 4.31. The minimum atomic E-state index is -0.148. The van der Waals surface area contributed by atoms with E-state index in [0.29, 0.717) is 13.0 Å². The number of carbonyl (C=O) groups excluding carboxylic acids is 1. The fourth-order valence-electron chi connectivity index (χ4n) is 0.711. The third kappa shape index (κ3) is 4.94. The van der Waals surface area contributed by atoms with Crippen LogP contribution in [-0.2, 0) is 9.53 Å². The Balaban J connectivity index is 3.76. The van der Waals surface area contributed by atoms with Gasteiger partial charge in [-0.2, -0.15) is 0 Å². The highest BCUT2D eigenvalue weighted by atomic mass is 16.5. The standard InChI is InChI=1S/C10H18O2/c1-5-7-12-9(11)8-10(3,4)6-2/h6H,2,5,7-8H2,1,3-4H3. The Labute approximate surface area is 74.6 Å². The van der Waals surface area contributed by atoms with Crippen molar-refractivity contribution in [2.75, 3.05) is 6.61 Å². The molecule has 0 aromatic rings. The van der Waals surface area contributed by atoms with E-state index in [1.807, 2.05) is 20.8 Å². The van der Waals surface area contributed by atoms with Crippen molar-refractivity contribution in [3.05, 3.63) is 12.7 Å². The molecular weight excluding hydrogens is 152 g/mol. The first-order chi connectivity index (χ1) is 5.52. The van der Waals surface area contributed by atoms with E-state index in [-0.39, 0.29) is 11.4 Å². The number of allylic oxidation sites excluding steroid dienone is 1. The highest BCUT2D eigenvalue weighted by Crippen LogP contribution is 2.21. The van der Waals surface area contributed by atoms with Crippen LogP contribution in [0.3, 0.4) is 0 Å². The van der Waals surface area contributed by atoms with Gasteiger partial charge >= 0.3 is 5.97 Å². The quantitative estimate of drug-likeness (QED) is 0.468. The third-order valence-corrected chi connectivity index (χ3v) is 1.62. The van der Waals surface area contributed by atoms with Crippen LogP contribution in [0.2, 0.25) is 0 Å². The van der Waals surface area contributed by atoms with E-state index in [1.54, 1.807) is 6.08 Å². The smallest absolute Gasteiger partial charge is 0.306 e. The molecule has 0 unspecified atom stereocenters. The molecule has 0 aliphatic rings. The maximum Gasteiger partial charge on any atom is 0.306 e. The van der Waals surface area contributed by atoms with E-state index in [9.17, 15) is 4.79 Å². The summed E-state index contributed by atoms with van der Waals surface area (Å²) in [7, 11) is 0. The summed E-state index contributed by atoms with van der Waals surface area (Å²) in [4.78, 5) is 11.1. The summed E-state index contributed by atoms with van der Waals surface area (Å²) >= 11 is 0.